The lowest BCUT2D eigenvalue weighted by Crippen LogP contribution is -2.48. The molecule has 0 saturated carbocycles. The van der Waals surface area contributed by atoms with E-state index < -0.39 is 12.0 Å². The zero-order valence-corrected chi connectivity index (χ0v) is 12.2. The van der Waals surface area contributed by atoms with Crippen molar-refractivity contribution in [3.8, 4) is 0 Å². The summed E-state index contributed by atoms with van der Waals surface area (Å²) in [6, 6.07) is 7.26. The number of morpholine rings is 1. The van der Waals surface area contributed by atoms with Crippen molar-refractivity contribution in [1.29, 1.82) is 0 Å². The van der Waals surface area contributed by atoms with E-state index in [0.29, 0.717) is 0 Å². The molecule has 1 aromatic carbocycles. The fraction of sp³-hybridized carbons (Fsp3) is 0.533. The first-order valence-corrected chi connectivity index (χ1v) is 6.86. The Morgan fingerprint density at radius 1 is 1.40 bits per heavy atom. The molecular formula is C15H22N2O3. The van der Waals surface area contributed by atoms with Crippen molar-refractivity contribution in [2.24, 2.45) is 0 Å². The molecule has 0 aromatic heterocycles. The second kappa shape index (κ2) is 5.71. The van der Waals surface area contributed by atoms with Gasteiger partial charge in [-0.2, -0.15) is 0 Å². The Kier molecular flexibility index (Phi) is 4.18. The highest BCUT2D eigenvalue weighted by atomic mass is 16.5. The molecule has 1 heterocycles. The van der Waals surface area contributed by atoms with Crippen molar-refractivity contribution < 1.29 is 14.6 Å². The third kappa shape index (κ3) is 3.63. The molecule has 0 bridgehead atoms. The third-order valence-corrected chi connectivity index (χ3v) is 3.41. The highest BCUT2D eigenvalue weighted by Crippen LogP contribution is 2.24. The average Bonchev–Trinajstić information content (AvgIpc) is 2.38. The molecule has 0 aliphatic carbocycles. The summed E-state index contributed by atoms with van der Waals surface area (Å²) in [5.41, 5.74) is 1.82. The van der Waals surface area contributed by atoms with E-state index >= 15 is 0 Å². The molecule has 1 fully saturated rings. The van der Waals surface area contributed by atoms with Crippen molar-refractivity contribution >= 4 is 17.3 Å². The molecular weight excluding hydrogens is 256 g/mol. The number of ether oxygens (including phenoxy) is 1. The zero-order chi connectivity index (χ0) is 14.8. The minimum atomic E-state index is -0.857. The summed E-state index contributed by atoms with van der Waals surface area (Å²) < 4.78 is 5.70. The quantitative estimate of drug-likeness (QED) is 0.884. The van der Waals surface area contributed by atoms with Crippen LogP contribution < -0.4 is 10.2 Å². The molecule has 110 valence electrons. The van der Waals surface area contributed by atoms with E-state index in [1.165, 1.54) is 0 Å². The minimum absolute atomic E-state index is 0.132. The normalized spacial score (nSPS) is 19.4. The van der Waals surface area contributed by atoms with Crippen molar-refractivity contribution in [2.75, 3.05) is 29.9 Å². The van der Waals surface area contributed by atoms with Gasteiger partial charge in [0.15, 0.2) is 0 Å². The largest absolute Gasteiger partial charge is 0.480 e. The van der Waals surface area contributed by atoms with E-state index in [2.05, 4.69) is 24.1 Å². The van der Waals surface area contributed by atoms with Crippen molar-refractivity contribution in [2.45, 2.75) is 32.4 Å². The number of carboxylic acid groups (broad SMARTS) is 1. The summed E-state index contributed by atoms with van der Waals surface area (Å²) in [5.74, 6) is -0.857. The predicted molar refractivity (Wildman–Crippen MR) is 79.4 cm³/mol. The Hall–Kier alpha value is -1.75. The molecule has 1 aliphatic heterocycles. The first-order chi connectivity index (χ1) is 9.37. The van der Waals surface area contributed by atoms with Crippen LogP contribution in [0.5, 0.6) is 0 Å². The van der Waals surface area contributed by atoms with Crippen molar-refractivity contribution in [1.82, 2.24) is 0 Å². The summed E-state index contributed by atoms with van der Waals surface area (Å²) in [6.45, 7) is 8.25. The monoisotopic (exact) mass is 278 g/mol. The number of anilines is 2. The number of hydrogen-bond acceptors (Lipinski definition) is 4. The molecule has 1 unspecified atom stereocenters. The van der Waals surface area contributed by atoms with Crippen LogP contribution in [0.4, 0.5) is 11.4 Å². The van der Waals surface area contributed by atoms with Gasteiger partial charge in [0, 0.05) is 24.5 Å². The van der Waals surface area contributed by atoms with Crippen LogP contribution >= 0.6 is 0 Å². The van der Waals surface area contributed by atoms with Gasteiger partial charge in [-0.25, -0.2) is 0 Å². The van der Waals surface area contributed by atoms with Gasteiger partial charge in [0.1, 0.15) is 6.04 Å². The lowest BCUT2D eigenvalue weighted by Gasteiger charge is -2.39. The third-order valence-electron chi connectivity index (χ3n) is 3.41. The fourth-order valence-electron chi connectivity index (χ4n) is 2.32. The number of carbonyl (C=O) groups is 1. The van der Waals surface area contributed by atoms with Gasteiger partial charge in [-0.3, -0.25) is 4.79 Å². The van der Waals surface area contributed by atoms with Gasteiger partial charge in [-0.1, -0.05) is 0 Å². The molecule has 1 saturated heterocycles. The maximum Gasteiger partial charge on any atom is 0.325 e. The van der Waals surface area contributed by atoms with Crippen LogP contribution in [0.2, 0.25) is 0 Å². The highest BCUT2D eigenvalue weighted by molar-refractivity contribution is 5.76. The Morgan fingerprint density at radius 3 is 2.60 bits per heavy atom. The van der Waals surface area contributed by atoms with Gasteiger partial charge in [0.25, 0.3) is 0 Å². The molecule has 1 aliphatic rings. The molecule has 0 radical (unpaired) electrons. The van der Waals surface area contributed by atoms with Crippen LogP contribution in [-0.2, 0) is 9.53 Å². The van der Waals surface area contributed by atoms with E-state index in [0.717, 1.165) is 31.1 Å². The maximum absolute atomic E-state index is 10.8. The second-order valence-corrected chi connectivity index (χ2v) is 5.78. The Morgan fingerprint density at radius 2 is 2.05 bits per heavy atom. The molecule has 1 aromatic rings. The molecule has 5 heteroatoms. The maximum atomic E-state index is 10.8. The van der Waals surface area contributed by atoms with Crippen LogP contribution in [0.3, 0.4) is 0 Å². The standard InChI is InChI=1S/C15H22N2O3/c1-11(14(18)19)16-12-4-6-13(7-5-12)17-8-9-20-15(2,3)10-17/h4-7,11,16H,8-10H2,1-3H3,(H,18,19). The van der Waals surface area contributed by atoms with Crippen molar-refractivity contribution in [3.05, 3.63) is 24.3 Å². The summed E-state index contributed by atoms with van der Waals surface area (Å²) in [6.07, 6.45) is 0. The first kappa shape index (κ1) is 14.7. The number of carboxylic acids is 1. The Labute approximate surface area is 119 Å². The minimum Gasteiger partial charge on any atom is -0.480 e. The SMILES string of the molecule is CC(Nc1ccc(N2CCOC(C)(C)C2)cc1)C(=O)O. The first-order valence-electron chi connectivity index (χ1n) is 6.86. The molecule has 1 atom stereocenters. The smallest absolute Gasteiger partial charge is 0.325 e. The summed E-state index contributed by atoms with van der Waals surface area (Å²) in [4.78, 5) is 13.1. The molecule has 5 nitrogen and oxygen atoms in total. The Balaban J connectivity index is 2.03. The van der Waals surface area contributed by atoms with E-state index in [1.54, 1.807) is 6.92 Å². The van der Waals surface area contributed by atoms with Gasteiger partial charge in [0.05, 0.1) is 12.2 Å². The highest BCUT2D eigenvalue weighted by Gasteiger charge is 2.27. The summed E-state index contributed by atoms with van der Waals surface area (Å²) in [7, 11) is 0. The lowest BCUT2D eigenvalue weighted by molar-refractivity contribution is -0.137. The molecule has 0 amide bonds. The summed E-state index contributed by atoms with van der Waals surface area (Å²) >= 11 is 0. The van der Waals surface area contributed by atoms with Gasteiger partial charge < -0.3 is 20.1 Å². The average molecular weight is 278 g/mol. The number of aliphatic carboxylic acids is 1. The van der Waals surface area contributed by atoms with Gasteiger partial charge in [-0.05, 0) is 45.0 Å². The van der Waals surface area contributed by atoms with Crippen LogP contribution in [0.1, 0.15) is 20.8 Å². The molecule has 20 heavy (non-hydrogen) atoms. The van der Waals surface area contributed by atoms with E-state index in [-0.39, 0.29) is 5.60 Å². The number of benzene rings is 1. The van der Waals surface area contributed by atoms with Gasteiger partial charge in [0.2, 0.25) is 0 Å². The van der Waals surface area contributed by atoms with Crippen LogP contribution in [0.15, 0.2) is 24.3 Å². The topological polar surface area (TPSA) is 61.8 Å². The number of rotatable bonds is 4. The molecule has 0 spiro atoms. The fourth-order valence-corrected chi connectivity index (χ4v) is 2.32. The lowest BCUT2D eigenvalue weighted by atomic mass is 10.1. The van der Waals surface area contributed by atoms with Crippen LogP contribution in [-0.4, -0.2) is 42.4 Å². The number of nitrogens with zero attached hydrogens (tertiary/aromatic N) is 1. The van der Waals surface area contributed by atoms with Crippen molar-refractivity contribution in [3.63, 3.8) is 0 Å². The number of nitrogens with one attached hydrogen (secondary N) is 1. The second-order valence-electron chi connectivity index (χ2n) is 5.78. The number of hydrogen-bond donors (Lipinski definition) is 2. The van der Waals surface area contributed by atoms with Crippen LogP contribution in [0, 0.1) is 0 Å². The summed E-state index contributed by atoms with van der Waals surface area (Å²) in [5, 5.41) is 11.8. The zero-order valence-electron chi connectivity index (χ0n) is 12.2. The van der Waals surface area contributed by atoms with Crippen LogP contribution in [0.25, 0.3) is 0 Å². The van der Waals surface area contributed by atoms with E-state index in [4.69, 9.17) is 9.84 Å². The van der Waals surface area contributed by atoms with Gasteiger partial charge >= 0.3 is 5.97 Å². The van der Waals surface area contributed by atoms with E-state index in [9.17, 15) is 4.79 Å². The van der Waals surface area contributed by atoms with Gasteiger partial charge in [-0.15, -0.1) is 0 Å². The van der Waals surface area contributed by atoms with E-state index in [1.807, 2.05) is 24.3 Å². The molecule has 2 rings (SSSR count). The molecule has 2 N–H and O–H groups in total. The Bertz CT molecular complexity index is 471. The predicted octanol–water partition coefficient (Wildman–Crippen LogP) is 2.19.